The van der Waals surface area contributed by atoms with Gasteiger partial charge in [0.15, 0.2) is 5.78 Å². The van der Waals surface area contributed by atoms with Gasteiger partial charge in [0.05, 0.1) is 12.6 Å². The average molecular weight is 275 g/mol. The molecule has 0 saturated carbocycles. The Balaban J connectivity index is 2.06. The molecular weight excluding hydrogens is 250 g/mol. The number of ether oxygens (including phenoxy) is 1. The van der Waals surface area contributed by atoms with Crippen LogP contribution in [0.1, 0.15) is 39.9 Å². The lowest BCUT2D eigenvalue weighted by atomic mass is 9.97. The third-order valence-corrected chi connectivity index (χ3v) is 4.30. The van der Waals surface area contributed by atoms with Crippen molar-refractivity contribution in [3.05, 3.63) is 34.4 Å². The molecule has 1 aliphatic heterocycles. The van der Waals surface area contributed by atoms with Crippen LogP contribution in [0.4, 0.5) is 0 Å². The smallest absolute Gasteiger partial charge is 0.177 e. The fraction of sp³-hybridized carbons (Fsp3) is 0.588. The second-order valence-corrected chi connectivity index (χ2v) is 5.91. The number of carbonyl (C=O) groups excluding carboxylic acids is 1. The van der Waals surface area contributed by atoms with E-state index in [9.17, 15) is 4.79 Å². The van der Waals surface area contributed by atoms with Crippen molar-refractivity contribution >= 4 is 5.78 Å². The first-order chi connectivity index (χ1) is 9.51. The van der Waals surface area contributed by atoms with E-state index in [1.165, 1.54) is 11.1 Å². The summed E-state index contributed by atoms with van der Waals surface area (Å²) < 4.78 is 5.41. The predicted octanol–water partition coefficient (Wildman–Crippen LogP) is 2.91. The zero-order chi connectivity index (χ0) is 14.7. The van der Waals surface area contributed by atoms with Gasteiger partial charge in [-0.25, -0.2) is 0 Å². The zero-order valence-corrected chi connectivity index (χ0v) is 13.0. The van der Waals surface area contributed by atoms with Gasteiger partial charge in [0.2, 0.25) is 0 Å². The van der Waals surface area contributed by atoms with Crippen LogP contribution in [-0.4, -0.2) is 43.5 Å². The van der Waals surface area contributed by atoms with E-state index in [1.54, 1.807) is 7.11 Å². The molecule has 1 heterocycles. The number of benzene rings is 1. The molecule has 1 fully saturated rings. The highest BCUT2D eigenvalue weighted by Gasteiger charge is 2.22. The molecule has 3 heteroatoms. The summed E-state index contributed by atoms with van der Waals surface area (Å²) in [6.45, 7) is 8.54. The van der Waals surface area contributed by atoms with Crippen LogP contribution in [0.5, 0.6) is 0 Å². The maximum atomic E-state index is 12.5. The molecule has 110 valence electrons. The average Bonchev–Trinajstić information content (AvgIpc) is 2.43. The first kappa shape index (κ1) is 15.2. The van der Waals surface area contributed by atoms with Gasteiger partial charge in [0.25, 0.3) is 0 Å². The lowest BCUT2D eigenvalue weighted by molar-refractivity contribution is 0.0314. The highest BCUT2D eigenvalue weighted by molar-refractivity contribution is 5.99. The number of likely N-dealkylation sites (tertiary alicyclic amines) is 1. The Morgan fingerprint density at radius 3 is 2.65 bits per heavy atom. The summed E-state index contributed by atoms with van der Waals surface area (Å²) in [4.78, 5) is 14.7. The van der Waals surface area contributed by atoms with Gasteiger partial charge in [0, 0.05) is 19.2 Å². The Bertz CT molecular complexity index is 496. The van der Waals surface area contributed by atoms with Crippen molar-refractivity contribution in [3.8, 4) is 0 Å². The number of hydrogen-bond donors (Lipinski definition) is 0. The van der Waals surface area contributed by atoms with Gasteiger partial charge in [-0.1, -0.05) is 6.07 Å². The van der Waals surface area contributed by atoms with Gasteiger partial charge in [-0.15, -0.1) is 0 Å². The molecule has 1 saturated heterocycles. The van der Waals surface area contributed by atoms with Crippen LogP contribution in [0.3, 0.4) is 0 Å². The minimum atomic E-state index is 0.224. The molecule has 0 aliphatic carbocycles. The lowest BCUT2D eigenvalue weighted by Gasteiger charge is -2.31. The highest BCUT2D eigenvalue weighted by atomic mass is 16.5. The standard InChI is InChI=1S/C17H25NO2/c1-12-8-14(3)16(9-13(12)2)17(19)11-18-7-5-6-15(10-18)20-4/h8-9,15H,5-7,10-11H2,1-4H3. The third-order valence-electron chi connectivity index (χ3n) is 4.30. The topological polar surface area (TPSA) is 29.5 Å². The monoisotopic (exact) mass is 275 g/mol. The minimum absolute atomic E-state index is 0.224. The van der Waals surface area contributed by atoms with Crippen LogP contribution in [0.25, 0.3) is 0 Å². The van der Waals surface area contributed by atoms with Gasteiger partial charge in [0.1, 0.15) is 0 Å². The predicted molar refractivity (Wildman–Crippen MR) is 81.5 cm³/mol. The Labute approximate surface area is 121 Å². The van der Waals surface area contributed by atoms with Crippen LogP contribution in [-0.2, 0) is 4.74 Å². The van der Waals surface area contributed by atoms with Gasteiger partial charge in [-0.3, -0.25) is 9.69 Å². The second-order valence-electron chi connectivity index (χ2n) is 5.91. The zero-order valence-electron chi connectivity index (χ0n) is 13.0. The number of nitrogens with zero attached hydrogens (tertiary/aromatic N) is 1. The molecule has 0 amide bonds. The lowest BCUT2D eigenvalue weighted by Crippen LogP contribution is -2.41. The van der Waals surface area contributed by atoms with Gasteiger partial charge in [-0.2, -0.15) is 0 Å². The number of hydrogen-bond acceptors (Lipinski definition) is 3. The Morgan fingerprint density at radius 2 is 1.95 bits per heavy atom. The fourth-order valence-electron chi connectivity index (χ4n) is 2.90. The quantitative estimate of drug-likeness (QED) is 0.791. The van der Waals surface area contributed by atoms with E-state index in [0.717, 1.165) is 37.1 Å². The van der Waals surface area contributed by atoms with Crippen molar-refractivity contribution in [1.29, 1.82) is 0 Å². The highest BCUT2D eigenvalue weighted by Crippen LogP contribution is 2.18. The van der Waals surface area contributed by atoms with E-state index in [-0.39, 0.29) is 11.9 Å². The molecule has 1 aliphatic rings. The molecule has 3 nitrogen and oxygen atoms in total. The molecular formula is C17H25NO2. The third kappa shape index (κ3) is 3.47. The summed E-state index contributed by atoms with van der Waals surface area (Å²) in [7, 11) is 1.75. The number of ketones is 1. The van der Waals surface area contributed by atoms with E-state index in [4.69, 9.17) is 4.74 Å². The van der Waals surface area contributed by atoms with Crippen LogP contribution in [0.2, 0.25) is 0 Å². The van der Waals surface area contributed by atoms with Crippen molar-refractivity contribution in [2.24, 2.45) is 0 Å². The summed E-state index contributed by atoms with van der Waals surface area (Å²) in [5, 5.41) is 0. The van der Waals surface area contributed by atoms with Crippen LogP contribution >= 0.6 is 0 Å². The van der Waals surface area contributed by atoms with Gasteiger partial charge >= 0.3 is 0 Å². The largest absolute Gasteiger partial charge is 0.380 e. The Hall–Kier alpha value is -1.19. The molecule has 20 heavy (non-hydrogen) atoms. The van der Waals surface area contributed by atoms with Crippen molar-refractivity contribution in [3.63, 3.8) is 0 Å². The molecule has 1 aromatic rings. The number of rotatable bonds is 4. The first-order valence-corrected chi connectivity index (χ1v) is 7.37. The number of carbonyl (C=O) groups is 1. The fourth-order valence-corrected chi connectivity index (χ4v) is 2.90. The summed E-state index contributed by atoms with van der Waals surface area (Å²) in [6, 6.07) is 4.14. The van der Waals surface area contributed by atoms with Gasteiger partial charge < -0.3 is 4.74 Å². The normalized spacial score (nSPS) is 20.1. The maximum Gasteiger partial charge on any atom is 0.177 e. The summed E-state index contributed by atoms with van der Waals surface area (Å²) in [6.07, 6.45) is 2.49. The first-order valence-electron chi connectivity index (χ1n) is 7.37. The SMILES string of the molecule is COC1CCCN(CC(=O)c2cc(C)c(C)cc2C)C1. The molecule has 0 spiro atoms. The molecule has 0 aromatic heterocycles. The number of methoxy groups -OCH3 is 1. The van der Waals surface area contributed by atoms with E-state index in [1.807, 2.05) is 13.0 Å². The molecule has 1 atom stereocenters. The number of piperidine rings is 1. The van der Waals surface area contributed by atoms with Crippen molar-refractivity contribution in [1.82, 2.24) is 4.90 Å². The van der Waals surface area contributed by atoms with Crippen molar-refractivity contribution in [2.75, 3.05) is 26.7 Å². The molecule has 0 N–H and O–H groups in total. The second kappa shape index (κ2) is 6.51. The van der Waals surface area contributed by atoms with Crippen LogP contribution in [0.15, 0.2) is 12.1 Å². The molecule has 2 rings (SSSR count). The van der Waals surface area contributed by atoms with E-state index in [0.29, 0.717) is 6.54 Å². The van der Waals surface area contributed by atoms with E-state index in [2.05, 4.69) is 24.8 Å². The van der Waals surface area contributed by atoms with E-state index >= 15 is 0 Å². The van der Waals surface area contributed by atoms with Gasteiger partial charge in [-0.05, 0) is 62.9 Å². The number of Topliss-reactive ketones (excluding diaryl/α,β-unsaturated/α-hetero) is 1. The Morgan fingerprint density at radius 1 is 1.25 bits per heavy atom. The van der Waals surface area contributed by atoms with Crippen LogP contribution < -0.4 is 0 Å². The summed E-state index contributed by atoms with van der Waals surface area (Å²) in [5.41, 5.74) is 4.38. The molecule has 0 radical (unpaired) electrons. The Kier molecular flexibility index (Phi) is 4.95. The maximum absolute atomic E-state index is 12.5. The minimum Gasteiger partial charge on any atom is -0.380 e. The molecule has 1 aromatic carbocycles. The number of aryl methyl sites for hydroxylation is 3. The molecule has 1 unspecified atom stereocenters. The van der Waals surface area contributed by atoms with Crippen molar-refractivity contribution < 1.29 is 9.53 Å². The summed E-state index contributed by atoms with van der Waals surface area (Å²) >= 11 is 0. The summed E-state index contributed by atoms with van der Waals surface area (Å²) in [5.74, 6) is 0.224. The van der Waals surface area contributed by atoms with Crippen molar-refractivity contribution in [2.45, 2.75) is 39.7 Å². The van der Waals surface area contributed by atoms with Crippen LogP contribution in [0, 0.1) is 20.8 Å². The van der Waals surface area contributed by atoms with E-state index < -0.39 is 0 Å². The molecule has 0 bridgehead atoms.